The van der Waals surface area contributed by atoms with E-state index in [-0.39, 0.29) is 5.82 Å². The predicted molar refractivity (Wildman–Crippen MR) is 75.6 cm³/mol. The third-order valence-electron chi connectivity index (χ3n) is 3.39. The van der Waals surface area contributed by atoms with Gasteiger partial charge in [-0.2, -0.15) is 5.10 Å². The first-order chi connectivity index (χ1) is 9.42. The molecule has 0 aliphatic rings. The average Bonchev–Trinajstić information content (AvgIpc) is 2.75. The van der Waals surface area contributed by atoms with Crippen LogP contribution in [0.2, 0.25) is 0 Å². The minimum absolute atomic E-state index is 0.332. The Kier molecular flexibility index (Phi) is 3.57. The number of nitrogens with two attached hydrogens (primary N) is 1. The molecule has 0 saturated heterocycles. The summed E-state index contributed by atoms with van der Waals surface area (Å²) in [6.07, 6.45) is 0. The van der Waals surface area contributed by atoms with E-state index in [9.17, 15) is 4.39 Å². The van der Waals surface area contributed by atoms with Gasteiger partial charge in [0.05, 0.1) is 25.5 Å². The van der Waals surface area contributed by atoms with Crippen molar-refractivity contribution in [1.82, 2.24) is 9.78 Å². The van der Waals surface area contributed by atoms with Gasteiger partial charge in [0.2, 0.25) is 0 Å². The SMILES string of the molecule is COc1c(C)c(F)c(C)c(-c2cc(N)n(C)n2)c1OC. The van der Waals surface area contributed by atoms with Crippen LogP contribution in [0.1, 0.15) is 11.1 Å². The summed E-state index contributed by atoms with van der Waals surface area (Å²) in [7, 11) is 4.73. The van der Waals surface area contributed by atoms with Gasteiger partial charge in [-0.1, -0.05) is 0 Å². The number of aromatic nitrogens is 2. The summed E-state index contributed by atoms with van der Waals surface area (Å²) in [6.45, 7) is 3.34. The normalized spacial score (nSPS) is 10.7. The number of nitrogens with zero attached hydrogens (tertiary/aromatic N) is 2. The van der Waals surface area contributed by atoms with E-state index in [4.69, 9.17) is 15.2 Å². The molecular weight excluding hydrogens is 261 g/mol. The standard InChI is InChI=1S/C14H18FN3O2/c1-7-11(9-6-10(16)18(3)17-9)14(20-5)13(19-4)8(2)12(7)15/h6H,16H2,1-5H3. The molecule has 0 aliphatic heterocycles. The van der Waals surface area contributed by atoms with Gasteiger partial charge in [-0.05, 0) is 19.4 Å². The molecule has 2 rings (SSSR count). The van der Waals surface area contributed by atoms with Crippen LogP contribution in [0, 0.1) is 19.7 Å². The third-order valence-corrected chi connectivity index (χ3v) is 3.39. The van der Waals surface area contributed by atoms with E-state index in [1.165, 1.54) is 18.9 Å². The van der Waals surface area contributed by atoms with Crippen molar-refractivity contribution < 1.29 is 13.9 Å². The third kappa shape index (κ3) is 1.97. The first kappa shape index (κ1) is 14.2. The van der Waals surface area contributed by atoms with Crippen LogP contribution in [0.5, 0.6) is 11.5 Å². The molecule has 5 nitrogen and oxygen atoms in total. The number of hydrogen-bond acceptors (Lipinski definition) is 4. The summed E-state index contributed by atoms with van der Waals surface area (Å²) in [5.74, 6) is 0.986. The number of benzene rings is 1. The van der Waals surface area contributed by atoms with Crippen LogP contribution in [-0.4, -0.2) is 24.0 Å². The Morgan fingerprint density at radius 1 is 1.15 bits per heavy atom. The Morgan fingerprint density at radius 3 is 2.20 bits per heavy atom. The molecule has 2 N–H and O–H groups in total. The highest BCUT2D eigenvalue weighted by Gasteiger charge is 2.24. The van der Waals surface area contributed by atoms with Gasteiger partial charge in [0.15, 0.2) is 11.5 Å². The molecule has 0 bridgehead atoms. The quantitative estimate of drug-likeness (QED) is 0.937. The molecule has 1 aromatic carbocycles. The van der Waals surface area contributed by atoms with E-state index < -0.39 is 0 Å². The van der Waals surface area contributed by atoms with E-state index in [0.717, 1.165) is 0 Å². The molecule has 20 heavy (non-hydrogen) atoms. The van der Waals surface area contributed by atoms with Gasteiger partial charge in [0, 0.05) is 18.7 Å². The zero-order valence-electron chi connectivity index (χ0n) is 12.2. The van der Waals surface area contributed by atoms with Crippen molar-refractivity contribution in [3.05, 3.63) is 23.0 Å². The smallest absolute Gasteiger partial charge is 0.170 e. The monoisotopic (exact) mass is 279 g/mol. The average molecular weight is 279 g/mol. The largest absolute Gasteiger partial charge is 0.492 e. The number of anilines is 1. The number of ether oxygens (including phenoxy) is 2. The lowest BCUT2D eigenvalue weighted by Crippen LogP contribution is -2.02. The lowest BCUT2D eigenvalue weighted by molar-refractivity contribution is 0.350. The zero-order valence-corrected chi connectivity index (χ0v) is 12.2. The molecule has 0 unspecified atom stereocenters. The van der Waals surface area contributed by atoms with Crippen molar-refractivity contribution >= 4 is 5.82 Å². The first-order valence-electron chi connectivity index (χ1n) is 6.12. The van der Waals surface area contributed by atoms with Gasteiger partial charge >= 0.3 is 0 Å². The molecule has 0 aliphatic carbocycles. The zero-order chi connectivity index (χ0) is 15.0. The number of nitrogen functional groups attached to an aromatic ring is 1. The minimum Gasteiger partial charge on any atom is -0.492 e. The fourth-order valence-corrected chi connectivity index (χ4v) is 2.30. The van der Waals surface area contributed by atoms with Crippen molar-refractivity contribution in [3.8, 4) is 22.8 Å². The molecule has 108 valence electrons. The molecule has 0 fully saturated rings. The van der Waals surface area contributed by atoms with Gasteiger partial charge in [0.1, 0.15) is 11.6 Å². The van der Waals surface area contributed by atoms with E-state index in [2.05, 4.69) is 5.10 Å². The van der Waals surface area contributed by atoms with E-state index in [0.29, 0.717) is 39.7 Å². The number of halogens is 1. The maximum Gasteiger partial charge on any atom is 0.170 e. The van der Waals surface area contributed by atoms with Crippen LogP contribution in [0.4, 0.5) is 10.2 Å². The molecule has 0 spiro atoms. The van der Waals surface area contributed by atoms with Crippen LogP contribution in [0.15, 0.2) is 6.07 Å². The van der Waals surface area contributed by atoms with E-state index in [1.54, 1.807) is 27.0 Å². The Labute approximate surface area is 117 Å². The number of aryl methyl sites for hydroxylation is 1. The van der Waals surface area contributed by atoms with Gasteiger partial charge in [0.25, 0.3) is 0 Å². The molecule has 6 heteroatoms. The van der Waals surface area contributed by atoms with Crippen LogP contribution >= 0.6 is 0 Å². The second-order valence-corrected chi connectivity index (χ2v) is 4.58. The Hall–Kier alpha value is -2.24. The minimum atomic E-state index is -0.332. The highest BCUT2D eigenvalue weighted by Crippen LogP contribution is 2.44. The maximum atomic E-state index is 14.3. The Balaban J connectivity index is 2.83. The molecule has 1 aromatic heterocycles. The second-order valence-electron chi connectivity index (χ2n) is 4.58. The molecule has 1 heterocycles. The molecule has 0 radical (unpaired) electrons. The van der Waals surface area contributed by atoms with E-state index in [1.807, 2.05) is 0 Å². The van der Waals surface area contributed by atoms with Crippen molar-refractivity contribution in [2.24, 2.45) is 7.05 Å². The van der Waals surface area contributed by atoms with E-state index >= 15 is 0 Å². The number of hydrogen-bond donors (Lipinski definition) is 1. The van der Waals surface area contributed by atoms with Crippen molar-refractivity contribution in [2.75, 3.05) is 20.0 Å². The Morgan fingerprint density at radius 2 is 1.75 bits per heavy atom. The van der Waals surface area contributed by atoms with Crippen molar-refractivity contribution in [3.63, 3.8) is 0 Å². The summed E-state index contributed by atoms with van der Waals surface area (Å²) >= 11 is 0. The fourth-order valence-electron chi connectivity index (χ4n) is 2.30. The molecule has 2 aromatic rings. The van der Waals surface area contributed by atoms with Gasteiger partial charge < -0.3 is 15.2 Å². The highest BCUT2D eigenvalue weighted by molar-refractivity contribution is 5.77. The topological polar surface area (TPSA) is 62.3 Å². The lowest BCUT2D eigenvalue weighted by atomic mass is 9.99. The van der Waals surface area contributed by atoms with Gasteiger partial charge in [-0.3, -0.25) is 4.68 Å². The predicted octanol–water partition coefficient (Wildman–Crippen LogP) is 2.44. The lowest BCUT2D eigenvalue weighted by Gasteiger charge is -2.17. The Bertz CT molecular complexity index is 646. The molecule has 0 saturated carbocycles. The van der Waals surface area contributed by atoms with Crippen LogP contribution < -0.4 is 15.2 Å². The summed E-state index contributed by atoms with van der Waals surface area (Å²) in [5.41, 5.74) is 7.77. The maximum absolute atomic E-state index is 14.3. The molecule has 0 atom stereocenters. The van der Waals surface area contributed by atoms with Gasteiger partial charge in [-0.15, -0.1) is 0 Å². The molecule has 0 amide bonds. The second kappa shape index (κ2) is 5.03. The summed E-state index contributed by atoms with van der Waals surface area (Å²) in [4.78, 5) is 0. The number of methoxy groups -OCH3 is 2. The van der Waals surface area contributed by atoms with Crippen LogP contribution in [0.3, 0.4) is 0 Å². The first-order valence-corrected chi connectivity index (χ1v) is 6.12. The summed E-state index contributed by atoms with van der Waals surface area (Å²) in [5, 5.41) is 4.29. The van der Waals surface area contributed by atoms with Crippen LogP contribution in [-0.2, 0) is 7.05 Å². The number of rotatable bonds is 3. The summed E-state index contributed by atoms with van der Waals surface area (Å²) < 4.78 is 26.5. The van der Waals surface area contributed by atoms with Gasteiger partial charge in [-0.25, -0.2) is 4.39 Å². The van der Waals surface area contributed by atoms with Crippen molar-refractivity contribution in [2.45, 2.75) is 13.8 Å². The van der Waals surface area contributed by atoms with Crippen molar-refractivity contribution in [1.29, 1.82) is 0 Å². The van der Waals surface area contributed by atoms with Crippen LogP contribution in [0.25, 0.3) is 11.3 Å². The highest BCUT2D eigenvalue weighted by atomic mass is 19.1. The fraction of sp³-hybridized carbons (Fsp3) is 0.357. The molecular formula is C14H18FN3O2. The summed E-state index contributed by atoms with van der Waals surface area (Å²) in [6, 6.07) is 1.68.